The van der Waals surface area contributed by atoms with Crippen molar-refractivity contribution in [2.75, 3.05) is 19.6 Å². The molecule has 9 nitrogen and oxygen atoms in total. The minimum absolute atomic E-state index is 0.0672. The second kappa shape index (κ2) is 14.1. The van der Waals surface area contributed by atoms with Crippen molar-refractivity contribution in [2.24, 2.45) is 0 Å². The van der Waals surface area contributed by atoms with Gasteiger partial charge in [-0.2, -0.15) is 0 Å². The monoisotopic (exact) mass is 543 g/mol. The van der Waals surface area contributed by atoms with Crippen molar-refractivity contribution in [1.29, 1.82) is 0 Å². The summed E-state index contributed by atoms with van der Waals surface area (Å²) in [7, 11) is 0. The Balaban J connectivity index is 1.41. The SMILES string of the molecule is CC=CCN(CC(=O)NCC1(c2ccccc2)CCC1)C(=O)[C@H](Cc1cnc[nH]1)NC(=O)OCc1ccccc1. The average molecular weight is 544 g/mol. The van der Waals surface area contributed by atoms with Gasteiger partial charge in [0.25, 0.3) is 0 Å². The van der Waals surface area contributed by atoms with Gasteiger partial charge in [-0.25, -0.2) is 9.78 Å². The molecule has 2 aromatic carbocycles. The third-order valence-electron chi connectivity index (χ3n) is 7.31. The van der Waals surface area contributed by atoms with E-state index in [1.54, 1.807) is 6.20 Å². The molecule has 1 atom stereocenters. The van der Waals surface area contributed by atoms with Gasteiger partial charge in [-0.15, -0.1) is 0 Å². The maximum absolute atomic E-state index is 13.7. The van der Waals surface area contributed by atoms with Crippen LogP contribution < -0.4 is 10.6 Å². The number of nitrogens with zero attached hydrogens (tertiary/aromatic N) is 2. The highest BCUT2D eigenvalue weighted by Gasteiger charge is 2.39. The number of aromatic nitrogens is 2. The van der Waals surface area contributed by atoms with Gasteiger partial charge in [0.2, 0.25) is 11.8 Å². The summed E-state index contributed by atoms with van der Waals surface area (Å²) in [4.78, 5) is 47.9. The number of carbonyl (C=O) groups excluding carboxylic acids is 3. The highest BCUT2D eigenvalue weighted by Crippen LogP contribution is 2.43. The number of hydrogen-bond donors (Lipinski definition) is 3. The van der Waals surface area contributed by atoms with Crippen LogP contribution in [0.2, 0.25) is 0 Å². The molecular formula is C31H37N5O4. The fourth-order valence-corrected chi connectivity index (χ4v) is 4.87. The van der Waals surface area contributed by atoms with E-state index < -0.39 is 12.1 Å². The Labute approximate surface area is 235 Å². The van der Waals surface area contributed by atoms with Crippen LogP contribution in [-0.4, -0.2) is 58.5 Å². The first kappa shape index (κ1) is 28.6. The number of amides is 3. The van der Waals surface area contributed by atoms with Crippen molar-refractivity contribution in [1.82, 2.24) is 25.5 Å². The minimum atomic E-state index is -0.955. The van der Waals surface area contributed by atoms with Crippen molar-refractivity contribution in [2.45, 2.75) is 50.7 Å². The number of carbonyl (C=O) groups is 3. The zero-order chi connectivity index (χ0) is 28.2. The Morgan fingerprint density at radius 3 is 2.45 bits per heavy atom. The highest BCUT2D eigenvalue weighted by atomic mass is 16.5. The molecular weight excluding hydrogens is 506 g/mol. The zero-order valence-electron chi connectivity index (χ0n) is 22.8. The molecule has 1 saturated carbocycles. The van der Waals surface area contributed by atoms with Crippen LogP contribution in [0.1, 0.15) is 43.0 Å². The topological polar surface area (TPSA) is 116 Å². The van der Waals surface area contributed by atoms with Gasteiger partial charge in [0.05, 0.1) is 12.9 Å². The number of benzene rings is 2. The Hall–Kier alpha value is -4.40. The summed E-state index contributed by atoms with van der Waals surface area (Å²) in [5.74, 6) is -0.632. The number of rotatable bonds is 13. The van der Waals surface area contributed by atoms with Gasteiger partial charge in [0, 0.05) is 36.8 Å². The molecule has 3 amide bonds. The summed E-state index contributed by atoms with van der Waals surface area (Å²) in [6.07, 6.45) is 9.35. The molecule has 0 aliphatic heterocycles. The van der Waals surface area contributed by atoms with E-state index >= 15 is 0 Å². The van der Waals surface area contributed by atoms with Crippen LogP contribution in [0, 0.1) is 0 Å². The molecule has 9 heteroatoms. The fraction of sp³-hybridized carbons (Fsp3) is 0.355. The van der Waals surface area contributed by atoms with E-state index in [-0.39, 0.29) is 43.3 Å². The third-order valence-corrected chi connectivity index (χ3v) is 7.31. The molecule has 3 aromatic rings. The summed E-state index contributed by atoms with van der Waals surface area (Å²) in [5, 5.41) is 5.76. The van der Waals surface area contributed by atoms with Crippen LogP contribution in [0.3, 0.4) is 0 Å². The number of imidazole rings is 1. The molecule has 0 bridgehead atoms. The lowest BCUT2D eigenvalue weighted by Crippen LogP contribution is -2.53. The van der Waals surface area contributed by atoms with Gasteiger partial charge in [-0.1, -0.05) is 79.2 Å². The van der Waals surface area contributed by atoms with Gasteiger partial charge < -0.3 is 25.3 Å². The van der Waals surface area contributed by atoms with Crippen molar-refractivity contribution in [3.63, 3.8) is 0 Å². The average Bonchev–Trinajstić information content (AvgIpc) is 3.47. The first-order chi connectivity index (χ1) is 19.5. The van der Waals surface area contributed by atoms with E-state index in [0.29, 0.717) is 12.2 Å². The third kappa shape index (κ3) is 7.81. The van der Waals surface area contributed by atoms with E-state index in [4.69, 9.17) is 4.74 Å². The van der Waals surface area contributed by atoms with E-state index in [0.717, 1.165) is 24.8 Å². The Kier molecular flexibility index (Phi) is 10.1. The molecule has 0 unspecified atom stereocenters. The van der Waals surface area contributed by atoms with Crippen LogP contribution >= 0.6 is 0 Å². The maximum Gasteiger partial charge on any atom is 0.408 e. The van der Waals surface area contributed by atoms with Crippen LogP contribution in [0.25, 0.3) is 0 Å². The number of ether oxygens (including phenoxy) is 1. The molecule has 3 N–H and O–H groups in total. The first-order valence-electron chi connectivity index (χ1n) is 13.7. The van der Waals surface area contributed by atoms with Crippen molar-refractivity contribution in [3.05, 3.63) is 102 Å². The number of aromatic amines is 1. The Morgan fingerprint density at radius 1 is 1.10 bits per heavy atom. The standard InChI is InChI=1S/C31H37N5O4/c1-2-3-17-36(20-28(37)33-22-31(15-10-16-31)25-13-8-5-9-14-25)29(38)27(18-26-19-32-23-34-26)35-30(39)40-21-24-11-6-4-7-12-24/h2-9,11-14,19,23,27H,10,15-18,20-22H2,1H3,(H,32,34)(H,33,37)(H,35,39)/t27-/m0/s1. The first-order valence-corrected chi connectivity index (χ1v) is 13.7. The molecule has 1 heterocycles. The van der Waals surface area contributed by atoms with Gasteiger partial charge >= 0.3 is 6.09 Å². The predicted octanol–water partition coefficient (Wildman–Crippen LogP) is 3.89. The lowest BCUT2D eigenvalue weighted by atomic mass is 9.64. The van der Waals surface area contributed by atoms with Gasteiger partial charge in [-0.05, 0) is 30.9 Å². The van der Waals surface area contributed by atoms with Crippen LogP contribution in [0.4, 0.5) is 4.79 Å². The molecule has 210 valence electrons. The lowest BCUT2D eigenvalue weighted by molar-refractivity contribution is -0.137. The molecule has 1 aliphatic carbocycles. The number of nitrogens with one attached hydrogen (secondary N) is 3. The zero-order valence-corrected chi connectivity index (χ0v) is 22.8. The van der Waals surface area contributed by atoms with E-state index in [1.165, 1.54) is 16.8 Å². The van der Waals surface area contributed by atoms with Crippen molar-refractivity contribution >= 4 is 17.9 Å². The van der Waals surface area contributed by atoms with Crippen LogP contribution in [-0.2, 0) is 32.8 Å². The van der Waals surface area contributed by atoms with E-state index in [9.17, 15) is 14.4 Å². The molecule has 4 rings (SSSR count). The predicted molar refractivity (Wildman–Crippen MR) is 152 cm³/mol. The Bertz CT molecular complexity index is 1260. The number of hydrogen-bond acceptors (Lipinski definition) is 5. The summed E-state index contributed by atoms with van der Waals surface area (Å²) in [6.45, 7) is 2.54. The summed E-state index contributed by atoms with van der Waals surface area (Å²) in [6, 6.07) is 18.6. The smallest absolute Gasteiger partial charge is 0.408 e. The highest BCUT2D eigenvalue weighted by molar-refractivity contribution is 5.90. The number of H-pyrrole nitrogens is 1. The van der Waals surface area contributed by atoms with E-state index in [1.807, 2.05) is 67.6 Å². The fourth-order valence-electron chi connectivity index (χ4n) is 4.87. The van der Waals surface area contributed by atoms with E-state index in [2.05, 4.69) is 32.7 Å². The van der Waals surface area contributed by atoms with Gasteiger partial charge in [-0.3, -0.25) is 9.59 Å². The summed E-state index contributed by atoms with van der Waals surface area (Å²) < 4.78 is 5.37. The molecule has 1 aromatic heterocycles. The van der Waals surface area contributed by atoms with Gasteiger partial charge in [0.15, 0.2) is 0 Å². The molecule has 1 fully saturated rings. The lowest BCUT2D eigenvalue weighted by Gasteiger charge is -2.42. The quantitative estimate of drug-likeness (QED) is 0.283. The maximum atomic E-state index is 13.7. The molecule has 40 heavy (non-hydrogen) atoms. The second-order valence-corrected chi connectivity index (χ2v) is 10.1. The molecule has 0 radical (unpaired) electrons. The van der Waals surface area contributed by atoms with Crippen LogP contribution in [0.5, 0.6) is 0 Å². The van der Waals surface area contributed by atoms with Gasteiger partial charge in [0.1, 0.15) is 12.6 Å². The molecule has 0 saturated heterocycles. The minimum Gasteiger partial charge on any atom is -0.445 e. The normalized spacial score (nSPS) is 14.6. The molecule has 0 spiro atoms. The number of alkyl carbamates (subject to hydrolysis) is 1. The Morgan fingerprint density at radius 2 is 1.82 bits per heavy atom. The second-order valence-electron chi connectivity index (χ2n) is 10.1. The number of allylic oxidation sites excluding steroid dienone is 1. The largest absolute Gasteiger partial charge is 0.445 e. The van der Waals surface area contributed by atoms with Crippen molar-refractivity contribution < 1.29 is 19.1 Å². The summed E-state index contributed by atoms with van der Waals surface area (Å²) >= 11 is 0. The summed E-state index contributed by atoms with van der Waals surface area (Å²) in [5.41, 5.74) is 2.66. The van der Waals surface area contributed by atoms with Crippen molar-refractivity contribution in [3.8, 4) is 0 Å². The molecule has 1 aliphatic rings. The van der Waals surface area contributed by atoms with Crippen LogP contribution in [0.15, 0.2) is 85.3 Å².